The summed E-state index contributed by atoms with van der Waals surface area (Å²) in [4.78, 5) is 27.2. The van der Waals surface area contributed by atoms with Gasteiger partial charge in [0.05, 0.1) is 38.2 Å². The maximum Gasteiger partial charge on any atom is 0.340 e. The lowest BCUT2D eigenvalue weighted by Crippen LogP contribution is -2.24. The van der Waals surface area contributed by atoms with Crippen molar-refractivity contribution in [3.05, 3.63) is 69.9 Å². The summed E-state index contributed by atoms with van der Waals surface area (Å²) in [5, 5.41) is 0.530. The maximum atomic E-state index is 13.3. The lowest BCUT2D eigenvalue weighted by molar-refractivity contribution is -0.136. The van der Waals surface area contributed by atoms with Gasteiger partial charge in [-0.15, -0.1) is 0 Å². The number of rotatable bonds is 5. The zero-order valence-electron chi connectivity index (χ0n) is 16.5. The molecule has 0 radical (unpaired) electrons. The quantitative estimate of drug-likeness (QED) is 0.542. The summed E-state index contributed by atoms with van der Waals surface area (Å²) in [6, 6.07) is 12.1. The predicted octanol–water partition coefficient (Wildman–Crippen LogP) is 4.23. The number of halogens is 1. The molecule has 0 aliphatic carbocycles. The van der Waals surface area contributed by atoms with Gasteiger partial charge in [0, 0.05) is 16.8 Å². The fourth-order valence-electron chi connectivity index (χ4n) is 3.22. The fraction of sp³-hybridized carbons (Fsp3) is 0.182. The first-order valence-electron chi connectivity index (χ1n) is 8.74. The number of benzene rings is 2. The third-order valence-electron chi connectivity index (χ3n) is 4.57. The number of carbonyl (C=O) groups excluding carboxylic acids is 2. The van der Waals surface area contributed by atoms with Crippen molar-refractivity contribution < 1.29 is 23.8 Å². The Morgan fingerprint density at radius 3 is 2.38 bits per heavy atom. The smallest absolute Gasteiger partial charge is 0.340 e. The molecule has 0 unspecified atom stereocenters. The van der Waals surface area contributed by atoms with E-state index in [0.717, 1.165) is 0 Å². The minimum absolute atomic E-state index is 0.201. The van der Waals surface area contributed by atoms with Gasteiger partial charge in [0.2, 0.25) is 0 Å². The number of nitrogens with zero attached hydrogens (tertiary/aromatic N) is 1. The number of ether oxygens (including phenoxy) is 3. The molecule has 2 aromatic rings. The Bertz CT molecular complexity index is 1040. The molecule has 1 heterocycles. The lowest BCUT2D eigenvalue weighted by Gasteiger charge is -2.19. The molecule has 0 saturated heterocycles. The average molecular weight is 414 g/mol. The van der Waals surface area contributed by atoms with E-state index in [0.29, 0.717) is 33.5 Å². The Morgan fingerprint density at radius 2 is 1.76 bits per heavy atom. The molecule has 3 rings (SSSR count). The molecule has 0 fully saturated rings. The molecule has 2 aromatic carbocycles. The Morgan fingerprint density at radius 1 is 1.03 bits per heavy atom. The molecular weight excluding hydrogens is 394 g/mol. The second-order valence-corrected chi connectivity index (χ2v) is 6.68. The van der Waals surface area contributed by atoms with Crippen LogP contribution in [0.3, 0.4) is 0 Å². The van der Waals surface area contributed by atoms with Crippen molar-refractivity contribution in [2.75, 3.05) is 26.2 Å². The molecule has 0 atom stereocenters. The van der Waals surface area contributed by atoms with Crippen LogP contribution in [-0.2, 0) is 14.3 Å². The van der Waals surface area contributed by atoms with Crippen LogP contribution in [-0.4, -0.2) is 33.2 Å². The second-order valence-electron chi connectivity index (χ2n) is 6.24. The Kier molecular flexibility index (Phi) is 5.94. The molecule has 0 N–H and O–H groups in total. The largest absolute Gasteiger partial charge is 0.493 e. The first-order chi connectivity index (χ1) is 13.9. The van der Waals surface area contributed by atoms with E-state index in [1.807, 2.05) is 0 Å². The number of anilines is 1. The number of allylic oxidation sites excluding steroid dienone is 1. The monoisotopic (exact) mass is 413 g/mol. The van der Waals surface area contributed by atoms with Crippen molar-refractivity contribution in [2.45, 2.75) is 6.92 Å². The van der Waals surface area contributed by atoms with Crippen LogP contribution in [0.1, 0.15) is 12.5 Å². The standard InChI is InChI=1S/C22H20ClNO5/c1-13-20(22(26)29-4)17(11-14-6-5-7-15(23)10-14)21(25)24(13)16-8-9-18(27-2)19(12-16)28-3/h5-12H,1-4H3. The summed E-state index contributed by atoms with van der Waals surface area (Å²) in [6.07, 6.45) is 1.63. The highest BCUT2D eigenvalue weighted by atomic mass is 35.5. The summed E-state index contributed by atoms with van der Waals surface area (Å²) >= 11 is 6.05. The Hall–Kier alpha value is -3.25. The zero-order valence-corrected chi connectivity index (χ0v) is 17.2. The number of esters is 1. The van der Waals surface area contributed by atoms with Crippen LogP contribution in [0.2, 0.25) is 5.02 Å². The summed E-state index contributed by atoms with van der Waals surface area (Å²) in [7, 11) is 4.33. The van der Waals surface area contributed by atoms with Gasteiger partial charge in [0.15, 0.2) is 11.5 Å². The molecule has 0 spiro atoms. The van der Waals surface area contributed by atoms with Gasteiger partial charge in [-0.2, -0.15) is 0 Å². The number of hydrogen-bond donors (Lipinski definition) is 0. The molecule has 29 heavy (non-hydrogen) atoms. The molecular formula is C22H20ClNO5. The minimum atomic E-state index is -0.591. The summed E-state index contributed by atoms with van der Waals surface area (Å²) in [5.74, 6) is 0.0621. The predicted molar refractivity (Wildman–Crippen MR) is 111 cm³/mol. The summed E-state index contributed by atoms with van der Waals surface area (Å²) in [5.41, 5.74) is 2.13. The summed E-state index contributed by atoms with van der Waals surface area (Å²) < 4.78 is 15.5. The van der Waals surface area contributed by atoms with Crippen molar-refractivity contribution in [1.82, 2.24) is 0 Å². The SMILES string of the molecule is COC(=O)C1=C(C)N(c2ccc(OC)c(OC)c2)C(=O)C1=Cc1cccc(Cl)c1. The van der Waals surface area contributed by atoms with Gasteiger partial charge in [0.1, 0.15) is 0 Å². The van der Waals surface area contributed by atoms with Crippen LogP contribution in [0.5, 0.6) is 11.5 Å². The maximum absolute atomic E-state index is 13.3. The summed E-state index contributed by atoms with van der Waals surface area (Å²) in [6.45, 7) is 1.69. The van der Waals surface area contributed by atoms with Gasteiger partial charge in [0.25, 0.3) is 5.91 Å². The van der Waals surface area contributed by atoms with Crippen LogP contribution in [0.4, 0.5) is 5.69 Å². The van der Waals surface area contributed by atoms with E-state index in [9.17, 15) is 9.59 Å². The van der Waals surface area contributed by atoms with Crippen LogP contribution in [0.15, 0.2) is 59.3 Å². The van der Waals surface area contributed by atoms with Crippen molar-refractivity contribution in [2.24, 2.45) is 0 Å². The van der Waals surface area contributed by atoms with Crippen LogP contribution in [0.25, 0.3) is 6.08 Å². The first-order valence-corrected chi connectivity index (χ1v) is 9.12. The number of carbonyl (C=O) groups is 2. The van der Waals surface area contributed by atoms with Gasteiger partial charge in [-0.1, -0.05) is 23.7 Å². The van der Waals surface area contributed by atoms with E-state index in [2.05, 4.69) is 0 Å². The Labute approximate surface area is 173 Å². The van der Waals surface area contributed by atoms with Crippen LogP contribution >= 0.6 is 11.6 Å². The van der Waals surface area contributed by atoms with Gasteiger partial charge < -0.3 is 14.2 Å². The van der Waals surface area contributed by atoms with Gasteiger partial charge in [-0.3, -0.25) is 9.69 Å². The molecule has 7 heteroatoms. The third kappa shape index (κ3) is 3.84. The molecule has 6 nitrogen and oxygen atoms in total. The highest BCUT2D eigenvalue weighted by molar-refractivity contribution is 6.30. The van der Waals surface area contributed by atoms with Crippen LogP contribution < -0.4 is 14.4 Å². The molecule has 0 saturated carbocycles. The highest BCUT2D eigenvalue weighted by Gasteiger charge is 2.38. The van der Waals surface area contributed by atoms with E-state index in [-0.39, 0.29) is 17.1 Å². The molecule has 0 aromatic heterocycles. The molecule has 150 valence electrons. The number of methoxy groups -OCH3 is 3. The topological polar surface area (TPSA) is 65.1 Å². The minimum Gasteiger partial charge on any atom is -0.493 e. The van der Waals surface area contributed by atoms with Gasteiger partial charge >= 0.3 is 5.97 Å². The number of hydrogen-bond acceptors (Lipinski definition) is 5. The molecule has 1 aliphatic heterocycles. The van der Waals surface area contributed by atoms with Crippen molar-refractivity contribution in [3.8, 4) is 11.5 Å². The van der Waals surface area contributed by atoms with E-state index in [1.165, 1.54) is 26.2 Å². The normalized spacial score (nSPS) is 15.1. The average Bonchev–Trinajstić information content (AvgIpc) is 2.96. The lowest BCUT2D eigenvalue weighted by atomic mass is 10.0. The molecule has 1 aliphatic rings. The van der Waals surface area contributed by atoms with E-state index in [1.54, 1.807) is 55.5 Å². The molecule has 1 amide bonds. The first kappa shape index (κ1) is 20.5. The fourth-order valence-corrected chi connectivity index (χ4v) is 3.42. The second kappa shape index (κ2) is 8.41. The Balaban J connectivity index is 2.14. The zero-order chi connectivity index (χ0) is 21.1. The van der Waals surface area contributed by atoms with Crippen molar-refractivity contribution in [3.63, 3.8) is 0 Å². The number of amides is 1. The third-order valence-corrected chi connectivity index (χ3v) is 4.81. The molecule has 0 bridgehead atoms. The van der Waals surface area contributed by atoms with E-state index in [4.69, 9.17) is 25.8 Å². The van der Waals surface area contributed by atoms with Gasteiger partial charge in [-0.05, 0) is 42.8 Å². The van der Waals surface area contributed by atoms with Crippen molar-refractivity contribution >= 4 is 35.2 Å². The van der Waals surface area contributed by atoms with Gasteiger partial charge in [-0.25, -0.2) is 4.79 Å². The van der Waals surface area contributed by atoms with Crippen molar-refractivity contribution in [1.29, 1.82) is 0 Å². The van der Waals surface area contributed by atoms with E-state index >= 15 is 0 Å². The van der Waals surface area contributed by atoms with Crippen LogP contribution in [0, 0.1) is 0 Å². The highest BCUT2D eigenvalue weighted by Crippen LogP contribution is 2.39. The van der Waals surface area contributed by atoms with E-state index < -0.39 is 5.97 Å².